The van der Waals surface area contributed by atoms with Gasteiger partial charge in [-0.3, -0.25) is 0 Å². The number of halogens is 1. The van der Waals surface area contributed by atoms with Crippen LogP contribution in [0.4, 0.5) is 0 Å². The lowest BCUT2D eigenvalue weighted by Gasteiger charge is -2.12. The molecule has 0 N–H and O–H groups in total. The number of benzene rings is 6. The van der Waals surface area contributed by atoms with E-state index in [-0.39, 0.29) is 5.28 Å². The van der Waals surface area contributed by atoms with Crippen LogP contribution in [0.2, 0.25) is 5.28 Å². The molecule has 7 aromatic rings. The predicted molar refractivity (Wildman–Crippen MR) is 170 cm³/mol. The average Bonchev–Trinajstić information content (AvgIpc) is 3.05. The number of rotatable bonds is 5. The largest absolute Gasteiger partial charge is 0.226 e. The van der Waals surface area contributed by atoms with Crippen molar-refractivity contribution in [1.29, 1.82) is 0 Å². The Kier molecular flexibility index (Phi) is 6.56. The maximum atomic E-state index is 6.46. The standard InChI is InChI=1S/C37H24ClN3/c38-37-40-35(31-15-9-14-30(24-31)34-17-8-7-16-33(34)26-12-5-2-6-13-26)39-36(41-37)32-21-20-28-22-27(18-19-29(28)23-32)25-10-3-1-4-11-25/h1-24H. The van der Waals surface area contributed by atoms with Crippen molar-refractivity contribution in [2.24, 2.45) is 0 Å². The van der Waals surface area contributed by atoms with Crippen LogP contribution in [-0.2, 0) is 0 Å². The van der Waals surface area contributed by atoms with E-state index in [1.165, 1.54) is 22.3 Å². The van der Waals surface area contributed by atoms with Crippen LogP contribution in [0.5, 0.6) is 0 Å². The Bertz CT molecular complexity index is 2000. The zero-order valence-electron chi connectivity index (χ0n) is 22.1. The summed E-state index contributed by atoms with van der Waals surface area (Å²) in [6, 6.07) is 50.3. The van der Waals surface area contributed by atoms with Gasteiger partial charge in [0.25, 0.3) is 0 Å². The molecule has 1 aromatic heterocycles. The van der Waals surface area contributed by atoms with Crippen LogP contribution in [0.25, 0.3) is 66.9 Å². The van der Waals surface area contributed by atoms with Gasteiger partial charge in [0, 0.05) is 11.1 Å². The highest BCUT2D eigenvalue weighted by Crippen LogP contribution is 2.34. The van der Waals surface area contributed by atoms with Gasteiger partial charge in [0.1, 0.15) is 0 Å². The molecule has 0 bridgehead atoms. The third-order valence-corrected chi connectivity index (χ3v) is 7.43. The second kappa shape index (κ2) is 10.8. The molecule has 0 aliphatic rings. The van der Waals surface area contributed by atoms with Crippen LogP contribution in [0.3, 0.4) is 0 Å². The van der Waals surface area contributed by atoms with Crippen LogP contribution < -0.4 is 0 Å². The van der Waals surface area contributed by atoms with E-state index in [0.29, 0.717) is 11.6 Å². The quantitative estimate of drug-likeness (QED) is 0.216. The average molecular weight is 546 g/mol. The summed E-state index contributed by atoms with van der Waals surface area (Å²) in [4.78, 5) is 13.8. The first-order valence-electron chi connectivity index (χ1n) is 13.5. The van der Waals surface area contributed by atoms with Gasteiger partial charge in [-0.25, -0.2) is 4.98 Å². The van der Waals surface area contributed by atoms with Crippen molar-refractivity contribution in [3.05, 3.63) is 151 Å². The lowest BCUT2D eigenvalue weighted by Crippen LogP contribution is -1.97. The first kappa shape index (κ1) is 24.9. The molecule has 0 unspecified atom stereocenters. The summed E-state index contributed by atoms with van der Waals surface area (Å²) in [5, 5.41) is 2.43. The fourth-order valence-corrected chi connectivity index (χ4v) is 5.39. The molecule has 0 amide bonds. The Morgan fingerprint density at radius 3 is 1.51 bits per heavy atom. The Labute approximate surface area is 243 Å². The molecule has 0 atom stereocenters. The van der Waals surface area contributed by atoms with Crippen LogP contribution in [0.1, 0.15) is 0 Å². The molecule has 1 heterocycles. The zero-order valence-corrected chi connectivity index (χ0v) is 22.8. The molecular weight excluding hydrogens is 522 g/mol. The van der Waals surface area contributed by atoms with Gasteiger partial charge in [0.15, 0.2) is 11.6 Å². The SMILES string of the molecule is Clc1nc(-c2cccc(-c3ccccc3-c3ccccc3)c2)nc(-c2ccc3cc(-c4ccccc4)ccc3c2)n1. The molecule has 41 heavy (non-hydrogen) atoms. The normalized spacial score (nSPS) is 11.0. The zero-order chi connectivity index (χ0) is 27.6. The summed E-state index contributed by atoms with van der Waals surface area (Å²) >= 11 is 6.46. The monoisotopic (exact) mass is 545 g/mol. The van der Waals surface area contributed by atoms with E-state index >= 15 is 0 Å². The van der Waals surface area contributed by atoms with E-state index in [4.69, 9.17) is 16.6 Å². The molecule has 0 saturated heterocycles. The lowest BCUT2D eigenvalue weighted by atomic mass is 9.94. The van der Waals surface area contributed by atoms with Gasteiger partial charge < -0.3 is 0 Å². The highest BCUT2D eigenvalue weighted by Gasteiger charge is 2.13. The number of fused-ring (bicyclic) bond motifs is 1. The topological polar surface area (TPSA) is 38.7 Å². The summed E-state index contributed by atoms with van der Waals surface area (Å²) in [5.74, 6) is 1.09. The van der Waals surface area contributed by atoms with Gasteiger partial charge in [-0.1, -0.05) is 127 Å². The van der Waals surface area contributed by atoms with Gasteiger partial charge in [-0.2, -0.15) is 9.97 Å². The molecule has 3 nitrogen and oxygen atoms in total. The molecule has 7 rings (SSSR count). The van der Waals surface area contributed by atoms with E-state index in [1.54, 1.807) is 0 Å². The third kappa shape index (κ3) is 5.11. The van der Waals surface area contributed by atoms with Crippen molar-refractivity contribution in [3.8, 4) is 56.2 Å². The summed E-state index contributed by atoms with van der Waals surface area (Å²) in [7, 11) is 0. The molecule has 0 spiro atoms. The van der Waals surface area contributed by atoms with Crippen molar-refractivity contribution < 1.29 is 0 Å². The predicted octanol–water partition coefficient (Wildman–Crippen LogP) is 10.0. The Morgan fingerprint density at radius 1 is 0.341 bits per heavy atom. The van der Waals surface area contributed by atoms with Crippen molar-refractivity contribution in [2.75, 3.05) is 0 Å². The van der Waals surface area contributed by atoms with Crippen LogP contribution >= 0.6 is 11.6 Å². The molecule has 0 aliphatic heterocycles. The van der Waals surface area contributed by atoms with E-state index in [0.717, 1.165) is 33.0 Å². The number of hydrogen-bond donors (Lipinski definition) is 0. The van der Waals surface area contributed by atoms with E-state index in [2.05, 4.69) is 125 Å². The highest BCUT2D eigenvalue weighted by molar-refractivity contribution is 6.28. The van der Waals surface area contributed by atoms with Crippen LogP contribution in [0.15, 0.2) is 146 Å². The van der Waals surface area contributed by atoms with Gasteiger partial charge in [0.05, 0.1) is 0 Å². The molecule has 0 fully saturated rings. The smallest absolute Gasteiger partial charge is 0.208 e. The molecule has 0 radical (unpaired) electrons. The maximum Gasteiger partial charge on any atom is 0.226 e. The minimum Gasteiger partial charge on any atom is -0.208 e. The van der Waals surface area contributed by atoms with E-state index in [9.17, 15) is 0 Å². The number of aromatic nitrogens is 3. The molecular formula is C37H24ClN3. The lowest BCUT2D eigenvalue weighted by molar-refractivity contribution is 1.07. The summed E-state index contributed by atoms with van der Waals surface area (Å²) in [6.07, 6.45) is 0. The molecule has 0 saturated carbocycles. The van der Waals surface area contributed by atoms with Gasteiger partial charge in [-0.05, 0) is 74.0 Å². The van der Waals surface area contributed by atoms with Crippen molar-refractivity contribution in [3.63, 3.8) is 0 Å². The second-order valence-corrected chi connectivity index (χ2v) is 10.2. The maximum absolute atomic E-state index is 6.46. The van der Waals surface area contributed by atoms with E-state index in [1.807, 2.05) is 30.3 Å². The Morgan fingerprint density at radius 2 is 0.829 bits per heavy atom. The first-order valence-corrected chi connectivity index (χ1v) is 13.9. The minimum atomic E-state index is 0.166. The van der Waals surface area contributed by atoms with Crippen LogP contribution in [-0.4, -0.2) is 15.0 Å². The highest BCUT2D eigenvalue weighted by atomic mass is 35.5. The fraction of sp³-hybridized carbons (Fsp3) is 0. The minimum absolute atomic E-state index is 0.166. The molecule has 6 aromatic carbocycles. The third-order valence-electron chi connectivity index (χ3n) is 7.26. The van der Waals surface area contributed by atoms with Gasteiger partial charge in [-0.15, -0.1) is 0 Å². The van der Waals surface area contributed by atoms with Gasteiger partial charge in [0.2, 0.25) is 5.28 Å². The number of nitrogens with zero attached hydrogens (tertiary/aromatic N) is 3. The van der Waals surface area contributed by atoms with Crippen molar-refractivity contribution in [2.45, 2.75) is 0 Å². The number of hydrogen-bond acceptors (Lipinski definition) is 3. The second-order valence-electron chi connectivity index (χ2n) is 9.89. The summed E-state index contributed by atoms with van der Waals surface area (Å²) in [6.45, 7) is 0. The Balaban J connectivity index is 1.25. The van der Waals surface area contributed by atoms with E-state index < -0.39 is 0 Å². The Hall–Kier alpha value is -5.12. The molecule has 194 valence electrons. The van der Waals surface area contributed by atoms with Crippen LogP contribution in [0, 0.1) is 0 Å². The molecule has 0 aliphatic carbocycles. The fourth-order valence-electron chi connectivity index (χ4n) is 5.23. The first-order chi connectivity index (χ1) is 20.2. The van der Waals surface area contributed by atoms with Gasteiger partial charge >= 0.3 is 0 Å². The molecule has 4 heteroatoms. The summed E-state index contributed by atoms with van der Waals surface area (Å²) < 4.78 is 0. The van der Waals surface area contributed by atoms with Crippen molar-refractivity contribution >= 4 is 22.4 Å². The van der Waals surface area contributed by atoms with Crippen molar-refractivity contribution in [1.82, 2.24) is 15.0 Å². The summed E-state index contributed by atoms with van der Waals surface area (Å²) in [5.41, 5.74) is 8.72.